The van der Waals surface area contributed by atoms with Crippen molar-refractivity contribution in [2.24, 2.45) is 0 Å². The van der Waals surface area contributed by atoms with Gasteiger partial charge in [-0.3, -0.25) is 10.1 Å². The van der Waals surface area contributed by atoms with Gasteiger partial charge in [0.25, 0.3) is 5.69 Å². The number of halogens is 3. The molecule has 1 aliphatic heterocycles. The smallest absolute Gasteiger partial charge is 0.404 e. The molecule has 0 spiro atoms. The number of amides is 2. The molecule has 11 heteroatoms. The minimum absolute atomic E-state index is 0.0685. The molecule has 2 aromatic rings. The van der Waals surface area contributed by atoms with Gasteiger partial charge in [-0.2, -0.15) is 0 Å². The molecule has 7 nitrogen and oxygen atoms in total. The summed E-state index contributed by atoms with van der Waals surface area (Å²) in [5.41, 5.74) is 0.508. The number of non-ortho nitro benzene ring substituents is 1. The fourth-order valence-electron chi connectivity index (χ4n) is 2.69. The van der Waals surface area contributed by atoms with E-state index in [9.17, 15) is 28.1 Å². The summed E-state index contributed by atoms with van der Waals surface area (Å²) in [6, 6.07) is 10.5. The number of nitro benzene ring substituents is 1. The average Bonchev–Trinajstić information content (AvgIpc) is 3.12. The minimum Gasteiger partial charge on any atom is -0.404 e. The van der Waals surface area contributed by atoms with Gasteiger partial charge >= 0.3 is 12.4 Å². The molecule has 28 heavy (non-hydrogen) atoms. The van der Waals surface area contributed by atoms with Gasteiger partial charge in [-0.15, -0.1) is 24.9 Å². The summed E-state index contributed by atoms with van der Waals surface area (Å²) in [7, 11) is 0. The number of benzene rings is 2. The van der Waals surface area contributed by atoms with Crippen LogP contribution >= 0.6 is 11.8 Å². The number of nitrogens with zero attached hydrogens (tertiary/aromatic N) is 2. The second-order valence-electron chi connectivity index (χ2n) is 5.74. The first-order chi connectivity index (χ1) is 13.2. The van der Waals surface area contributed by atoms with Crippen molar-refractivity contribution in [2.75, 3.05) is 17.6 Å². The highest BCUT2D eigenvalue weighted by Gasteiger charge is 2.34. The number of hydrogen-bond donors (Lipinski definition) is 1. The Kier molecular flexibility index (Phi) is 5.63. The Balaban J connectivity index is 1.76. The van der Waals surface area contributed by atoms with Crippen LogP contribution in [0.3, 0.4) is 0 Å². The number of nitro groups is 1. The molecule has 0 saturated carbocycles. The summed E-state index contributed by atoms with van der Waals surface area (Å²) < 4.78 is 41.5. The van der Waals surface area contributed by atoms with Gasteiger partial charge < -0.3 is 15.0 Å². The molecule has 0 bridgehead atoms. The van der Waals surface area contributed by atoms with Crippen molar-refractivity contribution in [3.63, 3.8) is 0 Å². The van der Waals surface area contributed by atoms with E-state index in [2.05, 4.69) is 10.1 Å². The van der Waals surface area contributed by atoms with Crippen molar-refractivity contribution in [2.45, 2.75) is 11.7 Å². The summed E-state index contributed by atoms with van der Waals surface area (Å²) in [5, 5.41) is 12.8. The molecule has 1 heterocycles. The Bertz CT molecular complexity index is 877. The molecule has 1 unspecified atom stereocenters. The average molecular weight is 413 g/mol. The lowest BCUT2D eigenvalue weighted by Gasteiger charge is -2.25. The Labute approximate surface area is 161 Å². The predicted octanol–water partition coefficient (Wildman–Crippen LogP) is 4.77. The van der Waals surface area contributed by atoms with Crippen LogP contribution in [0.5, 0.6) is 5.75 Å². The number of para-hydroxylation sites is 2. The lowest BCUT2D eigenvalue weighted by Crippen LogP contribution is -2.34. The van der Waals surface area contributed by atoms with Gasteiger partial charge in [-0.25, -0.2) is 4.79 Å². The van der Waals surface area contributed by atoms with E-state index in [1.54, 1.807) is 12.1 Å². The quantitative estimate of drug-likeness (QED) is 0.576. The molecular formula is C17H14F3N3O4S. The van der Waals surface area contributed by atoms with Gasteiger partial charge in [-0.05, 0) is 29.8 Å². The molecule has 0 aromatic heterocycles. The van der Waals surface area contributed by atoms with Gasteiger partial charge in [0.1, 0.15) is 5.37 Å². The summed E-state index contributed by atoms with van der Waals surface area (Å²) >= 11 is 1.45. The standard InChI is InChI=1S/C17H14F3N3O4S/c18-17(19,20)27-14-4-2-1-3-13(14)21-16(24)22-9-10-28-15(22)11-5-7-12(8-6-11)23(25)26/h1-8,15H,9-10H2,(H,21,24). The van der Waals surface area contributed by atoms with Crippen LogP contribution in [-0.4, -0.2) is 34.5 Å². The number of carbonyl (C=O) groups excluding carboxylic acids is 1. The van der Waals surface area contributed by atoms with Gasteiger partial charge in [-0.1, -0.05) is 12.1 Å². The first-order valence-electron chi connectivity index (χ1n) is 8.03. The number of thioether (sulfide) groups is 1. The zero-order valence-electron chi connectivity index (χ0n) is 14.2. The van der Waals surface area contributed by atoms with Crippen LogP contribution in [0.25, 0.3) is 0 Å². The maximum absolute atomic E-state index is 12.6. The number of alkyl halides is 3. The highest BCUT2D eigenvalue weighted by molar-refractivity contribution is 7.99. The van der Waals surface area contributed by atoms with Crippen molar-refractivity contribution in [1.82, 2.24) is 4.90 Å². The fourth-order valence-corrected chi connectivity index (χ4v) is 3.94. The van der Waals surface area contributed by atoms with E-state index < -0.39 is 28.4 Å². The number of hydrogen-bond acceptors (Lipinski definition) is 5. The molecule has 2 aromatic carbocycles. The molecule has 1 fully saturated rings. The van der Waals surface area contributed by atoms with Crippen molar-refractivity contribution in [3.05, 3.63) is 64.2 Å². The fraction of sp³-hybridized carbons (Fsp3) is 0.235. The van der Waals surface area contributed by atoms with E-state index in [1.807, 2.05) is 0 Å². The zero-order chi connectivity index (χ0) is 20.3. The third-order valence-corrected chi connectivity index (χ3v) is 5.16. The van der Waals surface area contributed by atoms with E-state index in [1.165, 1.54) is 47.0 Å². The van der Waals surface area contributed by atoms with E-state index >= 15 is 0 Å². The Morgan fingerprint density at radius 3 is 2.54 bits per heavy atom. The molecule has 1 aliphatic rings. The van der Waals surface area contributed by atoms with Crippen LogP contribution in [0.1, 0.15) is 10.9 Å². The minimum atomic E-state index is -4.88. The van der Waals surface area contributed by atoms with Crippen LogP contribution in [0.2, 0.25) is 0 Å². The predicted molar refractivity (Wildman–Crippen MR) is 97.1 cm³/mol. The second-order valence-corrected chi connectivity index (χ2v) is 6.93. The van der Waals surface area contributed by atoms with E-state index in [0.717, 1.165) is 6.07 Å². The molecule has 0 aliphatic carbocycles. The zero-order valence-corrected chi connectivity index (χ0v) is 15.0. The lowest BCUT2D eigenvalue weighted by molar-refractivity contribution is -0.384. The maximum atomic E-state index is 12.6. The van der Waals surface area contributed by atoms with Crippen LogP contribution in [0.4, 0.5) is 29.3 Å². The molecule has 1 saturated heterocycles. The molecule has 0 radical (unpaired) electrons. The highest BCUT2D eigenvalue weighted by Crippen LogP contribution is 2.39. The van der Waals surface area contributed by atoms with Gasteiger partial charge in [0, 0.05) is 24.4 Å². The van der Waals surface area contributed by atoms with E-state index in [0.29, 0.717) is 17.9 Å². The Morgan fingerprint density at radius 1 is 1.21 bits per heavy atom. The van der Waals surface area contributed by atoms with Gasteiger partial charge in [0.15, 0.2) is 5.75 Å². The monoisotopic (exact) mass is 413 g/mol. The maximum Gasteiger partial charge on any atom is 0.573 e. The van der Waals surface area contributed by atoms with Crippen LogP contribution in [-0.2, 0) is 0 Å². The Morgan fingerprint density at radius 2 is 1.89 bits per heavy atom. The van der Waals surface area contributed by atoms with Crippen LogP contribution in [0, 0.1) is 10.1 Å². The third-order valence-electron chi connectivity index (χ3n) is 3.90. The topological polar surface area (TPSA) is 84.7 Å². The Hall–Kier alpha value is -2.95. The molecule has 2 amide bonds. The van der Waals surface area contributed by atoms with Crippen molar-refractivity contribution in [3.8, 4) is 5.75 Å². The number of nitrogens with one attached hydrogen (secondary N) is 1. The van der Waals surface area contributed by atoms with Crippen LogP contribution in [0.15, 0.2) is 48.5 Å². The van der Waals surface area contributed by atoms with Crippen molar-refractivity contribution in [1.29, 1.82) is 0 Å². The van der Waals surface area contributed by atoms with Gasteiger partial charge in [0.05, 0.1) is 10.6 Å². The summed E-state index contributed by atoms with van der Waals surface area (Å²) in [6.07, 6.45) is -4.88. The number of urea groups is 1. The number of ether oxygens (including phenoxy) is 1. The molecule has 1 atom stereocenters. The molecule has 1 N–H and O–H groups in total. The second kappa shape index (κ2) is 7.97. The molecular weight excluding hydrogens is 399 g/mol. The van der Waals surface area contributed by atoms with Crippen LogP contribution < -0.4 is 10.1 Å². The first kappa shape index (κ1) is 19.8. The van der Waals surface area contributed by atoms with Crippen molar-refractivity contribution < 1.29 is 27.6 Å². The lowest BCUT2D eigenvalue weighted by atomic mass is 10.2. The third kappa shape index (κ3) is 4.66. The largest absolute Gasteiger partial charge is 0.573 e. The summed E-state index contributed by atoms with van der Waals surface area (Å²) in [4.78, 5) is 24.4. The molecule has 148 valence electrons. The van der Waals surface area contributed by atoms with Crippen molar-refractivity contribution >= 4 is 29.2 Å². The first-order valence-corrected chi connectivity index (χ1v) is 9.08. The number of rotatable bonds is 4. The number of anilines is 1. The SMILES string of the molecule is O=C(Nc1ccccc1OC(F)(F)F)N1CCSC1c1ccc([N+](=O)[O-])cc1. The summed E-state index contributed by atoms with van der Waals surface area (Å²) in [5.74, 6) is 0.109. The summed E-state index contributed by atoms with van der Waals surface area (Å²) in [6.45, 7) is 0.375. The van der Waals surface area contributed by atoms with E-state index in [-0.39, 0.29) is 11.4 Å². The normalized spacial score (nSPS) is 16.7. The highest BCUT2D eigenvalue weighted by atomic mass is 32.2. The van der Waals surface area contributed by atoms with Gasteiger partial charge in [0.2, 0.25) is 0 Å². The molecule has 3 rings (SSSR count). The van der Waals surface area contributed by atoms with E-state index in [4.69, 9.17) is 0 Å². The number of carbonyl (C=O) groups is 1.